The fourth-order valence-electron chi connectivity index (χ4n) is 9.07. The van der Waals surface area contributed by atoms with Gasteiger partial charge < -0.3 is 9.80 Å². The number of fused-ring (bicyclic) bond motifs is 4. The second-order valence-corrected chi connectivity index (χ2v) is 14.9. The molecule has 0 aliphatic carbocycles. The first-order valence-electron chi connectivity index (χ1n) is 19.7. The minimum Gasteiger partial charge on any atom is -0.311 e. The van der Waals surface area contributed by atoms with Gasteiger partial charge in [0.25, 0.3) is 6.71 Å². The van der Waals surface area contributed by atoms with Gasteiger partial charge >= 0.3 is 0 Å². The Morgan fingerprint density at radius 2 is 0.684 bits per heavy atom. The quantitative estimate of drug-likeness (QED) is 0.158. The van der Waals surface area contributed by atoms with Gasteiger partial charge in [0.1, 0.15) is 0 Å². The van der Waals surface area contributed by atoms with Gasteiger partial charge in [0, 0.05) is 34.1 Å². The molecule has 9 aromatic carbocycles. The van der Waals surface area contributed by atoms with Gasteiger partial charge in [-0.1, -0.05) is 176 Å². The average Bonchev–Trinajstić information content (AvgIpc) is 3.30. The third-order valence-electron chi connectivity index (χ3n) is 11.6. The molecule has 0 amide bonds. The zero-order valence-corrected chi connectivity index (χ0v) is 31.3. The molecular weight excluding hydrogens is 687 g/mol. The van der Waals surface area contributed by atoms with Crippen molar-refractivity contribution in [2.75, 3.05) is 9.80 Å². The molecule has 9 aromatic rings. The standard InChI is InChI=1S/C54H37BN2/c1-6-18-38(19-7-1)40-30-32-45(33-31-40)57-51-37-47(42-24-12-4-13-25-42)46(41-22-10-3-11-23-41)36-49(51)55-48-28-16-17-29-50(48)56(44-26-14-5-15-27-44)52-34-43(35-53(57)54(52)55)39-20-8-2-9-21-39/h1-37H. The molecule has 266 valence electrons. The van der Waals surface area contributed by atoms with Crippen molar-refractivity contribution in [2.24, 2.45) is 0 Å². The molecule has 2 nitrogen and oxygen atoms in total. The van der Waals surface area contributed by atoms with Gasteiger partial charge in [0.2, 0.25) is 0 Å². The smallest absolute Gasteiger partial charge is 0.252 e. The number of anilines is 6. The molecule has 11 rings (SSSR count). The highest BCUT2D eigenvalue weighted by atomic mass is 15.2. The van der Waals surface area contributed by atoms with Crippen LogP contribution in [0.15, 0.2) is 224 Å². The summed E-state index contributed by atoms with van der Waals surface area (Å²) in [6, 6.07) is 82.1. The Balaban J connectivity index is 1.26. The van der Waals surface area contributed by atoms with Gasteiger partial charge in [-0.15, -0.1) is 0 Å². The van der Waals surface area contributed by atoms with Crippen LogP contribution < -0.4 is 26.2 Å². The number of para-hydroxylation sites is 2. The third kappa shape index (κ3) is 5.59. The molecule has 2 aliphatic heterocycles. The number of nitrogens with zero attached hydrogens (tertiary/aromatic N) is 2. The molecule has 0 unspecified atom stereocenters. The lowest BCUT2D eigenvalue weighted by Crippen LogP contribution is -2.61. The normalized spacial score (nSPS) is 12.5. The molecule has 0 bridgehead atoms. The van der Waals surface area contributed by atoms with Gasteiger partial charge in [-0.2, -0.15) is 0 Å². The van der Waals surface area contributed by atoms with E-state index in [4.69, 9.17) is 0 Å². The van der Waals surface area contributed by atoms with E-state index in [2.05, 4.69) is 234 Å². The van der Waals surface area contributed by atoms with E-state index in [1.165, 1.54) is 83.6 Å². The molecule has 0 saturated carbocycles. The Kier molecular flexibility index (Phi) is 7.96. The maximum absolute atomic E-state index is 2.53. The van der Waals surface area contributed by atoms with Gasteiger partial charge in [-0.05, 0) is 109 Å². The van der Waals surface area contributed by atoms with Crippen LogP contribution in [0.3, 0.4) is 0 Å². The van der Waals surface area contributed by atoms with E-state index < -0.39 is 0 Å². The number of hydrogen-bond donors (Lipinski definition) is 0. The predicted octanol–water partition coefficient (Wildman–Crippen LogP) is 12.4. The lowest BCUT2D eigenvalue weighted by Gasteiger charge is -2.45. The van der Waals surface area contributed by atoms with Crippen molar-refractivity contribution in [1.29, 1.82) is 0 Å². The van der Waals surface area contributed by atoms with Crippen LogP contribution in [0.2, 0.25) is 0 Å². The largest absolute Gasteiger partial charge is 0.311 e. The van der Waals surface area contributed by atoms with E-state index in [1.54, 1.807) is 0 Å². The lowest BCUT2D eigenvalue weighted by molar-refractivity contribution is 1.25. The third-order valence-corrected chi connectivity index (χ3v) is 11.6. The Hall–Kier alpha value is -7.36. The molecule has 2 heterocycles. The van der Waals surface area contributed by atoms with Crippen molar-refractivity contribution in [3.05, 3.63) is 224 Å². The Morgan fingerprint density at radius 1 is 0.263 bits per heavy atom. The lowest BCUT2D eigenvalue weighted by atomic mass is 9.33. The van der Waals surface area contributed by atoms with E-state index in [1.807, 2.05) is 0 Å². The Labute approximate surface area is 334 Å². The van der Waals surface area contributed by atoms with Crippen LogP contribution in [0.25, 0.3) is 44.5 Å². The van der Waals surface area contributed by atoms with Crippen LogP contribution in [0, 0.1) is 0 Å². The first-order valence-corrected chi connectivity index (χ1v) is 19.7. The minimum atomic E-state index is -0.00175. The fraction of sp³-hybridized carbons (Fsp3) is 0. The maximum atomic E-state index is 2.53. The highest BCUT2D eigenvalue weighted by Crippen LogP contribution is 2.48. The molecule has 0 atom stereocenters. The van der Waals surface area contributed by atoms with Crippen LogP contribution in [0.5, 0.6) is 0 Å². The van der Waals surface area contributed by atoms with Crippen molar-refractivity contribution >= 4 is 57.2 Å². The first kappa shape index (κ1) is 33.0. The van der Waals surface area contributed by atoms with E-state index in [0.29, 0.717) is 0 Å². The van der Waals surface area contributed by atoms with E-state index in [9.17, 15) is 0 Å². The molecule has 3 heteroatoms. The molecular formula is C54H37BN2. The zero-order valence-electron chi connectivity index (χ0n) is 31.3. The van der Waals surface area contributed by atoms with Gasteiger partial charge in [0.15, 0.2) is 0 Å². The van der Waals surface area contributed by atoms with E-state index in [0.717, 1.165) is 11.4 Å². The molecule has 0 radical (unpaired) electrons. The van der Waals surface area contributed by atoms with Crippen LogP contribution >= 0.6 is 0 Å². The zero-order chi connectivity index (χ0) is 37.7. The molecule has 2 aliphatic rings. The van der Waals surface area contributed by atoms with Crippen molar-refractivity contribution in [3.63, 3.8) is 0 Å². The summed E-state index contributed by atoms with van der Waals surface area (Å²) < 4.78 is 0. The molecule has 0 aromatic heterocycles. The number of hydrogen-bond acceptors (Lipinski definition) is 2. The number of rotatable bonds is 6. The summed E-state index contributed by atoms with van der Waals surface area (Å²) in [6.07, 6.45) is 0. The van der Waals surface area contributed by atoms with Crippen molar-refractivity contribution in [1.82, 2.24) is 0 Å². The highest BCUT2D eigenvalue weighted by molar-refractivity contribution is 7.00. The van der Waals surface area contributed by atoms with Crippen molar-refractivity contribution in [3.8, 4) is 44.5 Å². The van der Waals surface area contributed by atoms with Crippen LogP contribution in [-0.2, 0) is 0 Å². The summed E-state index contributed by atoms with van der Waals surface area (Å²) >= 11 is 0. The van der Waals surface area contributed by atoms with Crippen molar-refractivity contribution < 1.29 is 0 Å². The minimum absolute atomic E-state index is 0.00175. The molecule has 0 N–H and O–H groups in total. The Morgan fingerprint density at radius 3 is 1.26 bits per heavy atom. The monoisotopic (exact) mass is 724 g/mol. The predicted molar refractivity (Wildman–Crippen MR) is 242 cm³/mol. The van der Waals surface area contributed by atoms with Crippen LogP contribution in [-0.4, -0.2) is 6.71 Å². The summed E-state index contributed by atoms with van der Waals surface area (Å²) in [5.41, 5.74) is 20.6. The molecule has 0 spiro atoms. The van der Waals surface area contributed by atoms with Crippen LogP contribution in [0.1, 0.15) is 0 Å². The number of benzene rings is 9. The Bertz CT molecular complexity index is 2880. The summed E-state index contributed by atoms with van der Waals surface area (Å²) in [5, 5.41) is 0. The van der Waals surface area contributed by atoms with Crippen LogP contribution in [0.4, 0.5) is 34.1 Å². The summed E-state index contributed by atoms with van der Waals surface area (Å²) in [7, 11) is 0. The van der Waals surface area contributed by atoms with Crippen molar-refractivity contribution in [2.45, 2.75) is 0 Å². The SMILES string of the molecule is c1ccc(-c2ccc(N3c4cc(-c5ccccc5)c(-c5ccccc5)cc4B4c5ccccc5N(c5ccccc5)c5cc(-c6ccccc6)cc3c54)cc2)cc1. The average molecular weight is 725 g/mol. The second kappa shape index (κ2) is 13.7. The molecule has 57 heavy (non-hydrogen) atoms. The van der Waals surface area contributed by atoms with Gasteiger partial charge in [-0.3, -0.25) is 0 Å². The molecule has 0 saturated heterocycles. The summed E-state index contributed by atoms with van der Waals surface area (Å²) in [6.45, 7) is -0.00175. The van der Waals surface area contributed by atoms with E-state index in [-0.39, 0.29) is 6.71 Å². The summed E-state index contributed by atoms with van der Waals surface area (Å²) in [5.74, 6) is 0. The van der Waals surface area contributed by atoms with Gasteiger partial charge in [0.05, 0.1) is 0 Å². The van der Waals surface area contributed by atoms with E-state index >= 15 is 0 Å². The summed E-state index contributed by atoms with van der Waals surface area (Å²) in [4.78, 5) is 5.01. The molecule has 0 fully saturated rings. The highest BCUT2D eigenvalue weighted by Gasteiger charge is 2.44. The van der Waals surface area contributed by atoms with Gasteiger partial charge in [-0.25, -0.2) is 0 Å². The maximum Gasteiger partial charge on any atom is 0.252 e. The first-order chi connectivity index (χ1) is 28.3. The second-order valence-electron chi connectivity index (χ2n) is 14.9. The topological polar surface area (TPSA) is 6.48 Å². The fourth-order valence-corrected chi connectivity index (χ4v) is 9.07.